The SMILES string of the molecule is OCCN1CCN(c2ccc(Cl)cc2)CC1. The van der Waals surface area contributed by atoms with Gasteiger partial charge in [0.15, 0.2) is 0 Å². The zero-order valence-electron chi connectivity index (χ0n) is 9.27. The molecule has 0 aliphatic carbocycles. The molecule has 0 bridgehead atoms. The van der Waals surface area contributed by atoms with E-state index in [0.717, 1.165) is 37.7 Å². The maximum atomic E-state index is 8.86. The summed E-state index contributed by atoms with van der Waals surface area (Å²) in [5, 5.41) is 9.64. The van der Waals surface area contributed by atoms with Crippen molar-refractivity contribution in [1.82, 2.24) is 4.90 Å². The molecule has 0 amide bonds. The average Bonchev–Trinajstić information content (AvgIpc) is 2.32. The Morgan fingerprint density at radius 3 is 2.25 bits per heavy atom. The molecule has 1 aromatic rings. The van der Waals surface area contributed by atoms with Crippen LogP contribution in [0.1, 0.15) is 0 Å². The molecular formula is C12H17ClN2O. The number of nitrogens with zero attached hydrogens (tertiary/aromatic N) is 2. The van der Waals surface area contributed by atoms with E-state index >= 15 is 0 Å². The van der Waals surface area contributed by atoms with Crippen molar-refractivity contribution in [2.24, 2.45) is 0 Å². The number of hydrogen-bond acceptors (Lipinski definition) is 3. The van der Waals surface area contributed by atoms with Gasteiger partial charge in [0.05, 0.1) is 6.61 Å². The second kappa shape index (κ2) is 5.53. The zero-order valence-corrected chi connectivity index (χ0v) is 10.0. The Labute approximate surface area is 101 Å². The second-order valence-corrected chi connectivity index (χ2v) is 4.47. The molecule has 2 rings (SSSR count). The van der Waals surface area contributed by atoms with E-state index in [1.54, 1.807) is 0 Å². The van der Waals surface area contributed by atoms with Crippen molar-refractivity contribution in [1.29, 1.82) is 0 Å². The Balaban J connectivity index is 1.91. The fourth-order valence-electron chi connectivity index (χ4n) is 2.02. The van der Waals surface area contributed by atoms with Crippen LogP contribution in [0, 0.1) is 0 Å². The summed E-state index contributed by atoms with van der Waals surface area (Å²) in [5.41, 5.74) is 1.23. The molecule has 1 fully saturated rings. The van der Waals surface area contributed by atoms with Crippen molar-refractivity contribution in [3.8, 4) is 0 Å². The van der Waals surface area contributed by atoms with Crippen LogP contribution in [0.25, 0.3) is 0 Å². The number of anilines is 1. The molecular weight excluding hydrogens is 224 g/mol. The smallest absolute Gasteiger partial charge is 0.0558 e. The predicted molar refractivity (Wildman–Crippen MR) is 67.2 cm³/mol. The molecule has 1 saturated heterocycles. The molecule has 1 heterocycles. The molecule has 4 heteroatoms. The van der Waals surface area contributed by atoms with Crippen molar-refractivity contribution in [3.05, 3.63) is 29.3 Å². The van der Waals surface area contributed by atoms with E-state index in [1.165, 1.54) is 5.69 Å². The van der Waals surface area contributed by atoms with E-state index in [0.29, 0.717) is 0 Å². The van der Waals surface area contributed by atoms with Crippen LogP contribution in [0.3, 0.4) is 0 Å². The summed E-state index contributed by atoms with van der Waals surface area (Å²) in [6.07, 6.45) is 0. The lowest BCUT2D eigenvalue weighted by atomic mass is 10.2. The van der Waals surface area contributed by atoms with Gasteiger partial charge in [-0.05, 0) is 24.3 Å². The number of rotatable bonds is 3. The summed E-state index contributed by atoms with van der Waals surface area (Å²) in [6, 6.07) is 7.97. The first-order chi connectivity index (χ1) is 7.79. The van der Waals surface area contributed by atoms with Crippen molar-refractivity contribution in [2.75, 3.05) is 44.2 Å². The van der Waals surface area contributed by atoms with Crippen LogP contribution in [0.2, 0.25) is 5.02 Å². The standard InChI is InChI=1S/C12H17ClN2O/c13-11-1-3-12(4-2-11)15-7-5-14(6-8-15)9-10-16/h1-4,16H,5-10H2. The van der Waals surface area contributed by atoms with E-state index in [9.17, 15) is 0 Å². The van der Waals surface area contributed by atoms with Gasteiger partial charge >= 0.3 is 0 Å². The molecule has 0 saturated carbocycles. The predicted octanol–water partition coefficient (Wildman–Crippen LogP) is 1.45. The van der Waals surface area contributed by atoms with E-state index in [1.807, 2.05) is 12.1 Å². The molecule has 0 radical (unpaired) electrons. The van der Waals surface area contributed by atoms with Crippen LogP contribution in [0.15, 0.2) is 24.3 Å². The highest BCUT2D eigenvalue weighted by atomic mass is 35.5. The minimum absolute atomic E-state index is 0.251. The minimum atomic E-state index is 0.251. The fourth-order valence-corrected chi connectivity index (χ4v) is 2.15. The number of hydrogen-bond donors (Lipinski definition) is 1. The number of β-amino-alcohol motifs (C(OH)–C–C–N with tert-alkyl or cyclic N) is 1. The van der Waals surface area contributed by atoms with E-state index in [4.69, 9.17) is 16.7 Å². The van der Waals surface area contributed by atoms with Gasteiger partial charge in [-0.1, -0.05) is 11.6 Å². The topological polar surface area (TPSA) is 26.7 Å². The summed E-state index contributed by atoms with van der Waals surface area (Å²) < 4.78 is 0. The first kappa shape index (κ1) is 11.7. The normalized spacial score (nSPS) is 17.8. The maximum Gasteiger partial charge on any atom is 0.0558 e. The van der Waals surface area contributed by atoms with Gasteiger partial charge in [0, 0.05) is 43.4 Å². The van der Waals surface area contributed by atoms with Gasteiger partial charge < -0.3 is 10.0 Å². The van der Waals surface area contributed by atoms with E-state index < -0.39 is 0 Å². The summed E-state index contributed by atoms with van der Waals surface area (Å²) >= 11 is 5.86. The Hall–Kier alpha value is -0.770. The molecule has 0 spiro atoms. The minimum Gasteiger partial charge on any atom is -0.395 e. The van der Waals surface area contributed by atoms with Crippen LogP contribution in [0.4, 0.5) is 5.69 Å². The summed E-state index contributed by atoms with van der Waals surface area (Å²) in [5.74, 6) is 0. The van der Waals surface area contributed by atoms with Crippen molar-refractivity contribution < 1.29 is 5.11 Å². The number of aliphatic hydroxyl groups is 1. The molecule has 1 aliphatic heterocycles. The lowest BCUT2D eigenvalue weighted by Gasteiger charge is -2.35. The van der Waals surface area contributed by atoms with Crippen LogP contribution < -0.4 is 4.90 Å². The molecule has 0 aromatic heterocycles. The fraction of sp³-hybridized carbons (Fsp3) is 0.500. The van der Waals surface area contributed by atoms with Gasteiger partial charge in [0.1, 0.15) is 0 Å². The third kappa shape index (κ3) is 2.88. The van der Waals surface area contributed by atoms with Gasteiger partial charge in [0.25, 0.3) is 0 Å². The highest BCUT2D eigenvalue weighted by Gasteiger charge is 2.16. The monoisotopic (exact) mass is 240 g/mol. The number of halogens is 1. The molecule has 1 aromatic carbocycles. The first-order valence-electron chi connectivity index (χ1n) is 5.63. The number of aliphatic hydroxyl groups excluding tert-OH is 1. The van der Waals surface area contributed by atoms with Crippen molar-refractivity contribution >= 4 is 17.3 Å². The molecule has 3 nitrogen and oxygen atoms in total. The van der Waals surface area contributed by atoms with Gasteiger partial charge in [0.2, 0.25) is 0 Å². The quantitative estimate of drug-likeness (QED) is 0.867. The van der Waals surface area contributed by atoms with Crippen molar-refractivity contribution in [2.45, 2.75) is 0 Å². The Kier molecular flexibility index (Phi) is 4.04. The second-order valence-electron chi connectivity index (χ2n) is 4.03. The zero-order chi connectivity index (χ0) is 11.4. The summed E-state index contributed by atoms with van der Waals surface area (Å²) in [7, 11) is 0. The summed E-state index contributed by atoms with van der Waals surface area (Å²) in [6.45, 7) is 5.10. The first-order valence-corrected chi connectivity index (χ1v) is 6.01. The lowest BCUT2D eigenvalue weighted by Crippen LogP contribution is -2.47. The van der Waals surface area contributed by atoms with Gasteiger partial charge in [-0.15, -0.1) is 0 Å². The molecule has 0 unspecified atom stereocenters. The highest BCUT2D eigenvalue weighted by Crippen LogP contribution is 2.19. The largest absolute Gasteiger partial charge is 0.395 e. The van der Waals surface area contributed by atoms with E-state index in [2.05, 4.69) is 21.9 Å². The third-order valence-electron chi connectivity index (χ3n) is 2.98. The van der Waals surface area contributed by atoms with Crippen molar-refractivity contribution in [3.63, 3.8) is 0 Å². The lowest BCUT2D eigenvalue weighted by molar-refractivity contribution is 0.189. The Bertz CT molecular complexity index is 320. The molecule has 88 valence electrons. The average molecular weight is 241 g/mol. The number of piperazine rings is 1. The van der Waals surface area contributed by atoms with Crippen LogP contribution in [0.5, 0.6) is 0 Å². The van der Waals surface area contributed by atoms with Crippen LogP contribution in [-0.4, -0.2) is 49.3 Å². The number of benzene rings is 1. The molecule has 0 atom stereocenters. The van der Waals surface area contributed by atoms with Gasteiger partial charge in [-0.25, -0.2) is 0 Å². The summed E-state index contributed by atoms with van der Waals surface area (Å²) in [4.78, 5) is 4.64. The Morgan fingerprint density at radius 2 is 1.69 bits per heavy atom. The molecule has 1 N–H and O–H groups in total. The maximum absolute atomic E-state index is 8.86. The van der Waals surface area contributed by atoms with Gasteiger partial charge in [-0.3, -0.25) is 4.90 Å². The highest BCUT2D eigenvalue weighted by molar-refractivity contribution is 6.30. The molecule has 16 heavy (non-hydrogen) atoms. The van der Waals surface area contributed by atoms with Crippen LogP contribution in [-0.2, 0) is 0 Å². The molecule has 1 aliphatic rings. The Morgan fingerprint density at radius 1 is 1.06 bits per heavy atom. The van der Waals surface area contributed by atoms with Gasteiger partial charge in [-0.2, -0.15) is 0 Å². The van der Waals surface area contributed by atoms with Crippen LogP contribution >= 0.6 is 11.6 Å². The third-order valence-corrected chi connectivity index (χ3v) is 3.23. The van der Waals surface area contributed by atoms with E-state index in [-0.39, 0.29) is 6.61 Å².